The fourth-order valence-corrected chi connectivity index (χ4v) is 4.18. The normalized spacial score (nSPS) is 28.9. The number of nitrogens with zero attached hydrogens (tertiary/aromatic N) is 2. The minimum Gasteiger partial charge on any atom is -0.481 e. The van der Waals surface area contributed by atoms with Gasteiger partial charge in [0.15, 0.2) is 0 Å². The molecular formula is C17H27N3O4. The number of piperidine rings is 1. The first-order valence-corrected chi connectivity index (χ1v) is 9.15. The molecule has 2 aliphatic heterocycles. The maximum Gasteiger partial charge on any atom is 0.318 e. The lowest BCUT2D eigenvalue weighted by atomic mass is 9.91. The average molecular weight is 337 g/mol. The number of aliphatic carboxylic acids is 1. The van der Waals surface area contributed by atoms with E-state index in [1.165, 1.54) is 24.2 Å². The quantitative estimate of drug-likeness (QED) is 0.815. The maximum absolute atomic E-state index is 12.7. The highest BCUT2D eigenvalue weighted by Gasteiger charge is 2.37. The third-order valence-electron chi connectivity index (χ3n) is 5.61. The van der Waals surface area contributed by atoms with Gasteiger partial charge in [0.25, 0.3) is 0 Å². The molecule has 1 aliphatic carbocycles. The van der Waals surface area contributed by atoms with E-state index in [1.807, 2.05) is 4.90 Å². The van der Waals surface area contributed by atoms with E-state index in [0.29, 0.717) is 25.4 Å². The van der Waals surface area contributed by atoms with Gasteiger partial charge < -0.3 is 20.2 Å². The van der Waals surface area contributed by atoms with Crippen LogP contribution in [0.2, 0.25) is 0 Å². The number of rotatable bonds is 3. The molecule has 7 nitrogen and oxygen atoms in total. The van der Waals surface area contributed by atoms with Crippen molar-refractivity contribution in [3.63, 3.8) is 0 Å². The van der Waals surface area contributed by atoms with E-state index < -0.39 is 17.9 Å². The molecule has 1 saturated carbocycles. The SMILES string of the molecule is O=C(O)C1CCN(C(=O)NC2CCCN(C3CCCCC3)C2=O)C1. The minimum absolute atomic E-state index is 0.0375. The smallest absolute Gasteiger partial charge is 0.318 e. The largest absolute Gasteiger partial charge is 0.481 e. The fraction of sp³-hybridized carbons (Fsp3) is 0.824. The van der Waals surface area contributed by atoms with Crippen molar-refractivity contribution in [2.75, 3.05) is 19.6 Å². The minimum atomic E-state index is -0.859. The molecule has 0 aromatic heterocycles. The Morgan fingerprint density at radius 3 is 2.42 bits per heavy atom. The predicted octanol–water partition coefficient (Wildman–Crippen LogP) is 1.43. The lowest BCUT2D eigenvalue weighted by molar-refractivity contribution is -0.141. The summed E-state index contributed by atoms with van der Waals surface area (Å²) in [4.78, 5) is 39.6. The molecule has 134 valence electrons. The molecule has 2 unspecified atom stereocenters. The van der Waals surface area contributed by atoms with E-state index in [-0.39, 0.29) is 18.5 Å². The van der Waals surface area contributed by atoms with Crippen LogP contribution in [0.25, 0.3) is 0 Å². The molecule has 3 rings (SSSR count). The second-order valence-electron chi connectivity index (χ2n) is 7.24. The Labute approximate surface area is 142 Å². The van der Waals surface area contributed by atoms with E-state index in [4.69, 9.17) is 5.11 Å². The van der Waals surface area contributed by atoms with Gasteiger partial charge in [0, 0.05) is 25.7 Å². The van der Waals surface area contributed by atoms with Crippen molar-refractivity contribution in [3.8, 4) is 0 Å². The fourth-order valence-electron chi connectivity index (χ4n) is 4.18. The van der Waals surface area contributed by atoms with E-state index in [1.54, 1.807) is 0 Å². The molecular weight excluding hydrogens is 310 g/mol. The van der Waals surface area contributed by atoms with E-state index >= 15 is 0 Å². The van der Waals surface area contributed by atoms with Crippen molar-refractivity contribution in [3.05, 3.63) is 0 Å². The van der Waals surface area contributed by atoms with Gasteiger partial charge in [0.2, 0.25) is 5.91 Å². The van der Waals surface area contributed by atoms with E-state index in [9.17, 15) is 14.4 Å². The molecule has 2 atom stereocenters. The van der Waals surface area contributed by atoms with Crippen LogP contribution in [-0.4, -0.2) is 64.5 Å². The molecule has 3 aliphatic rings. The van der Waals surface area contributed by atoms with Crippen molar-refractivity contribution in [1.29, 1.82) is 0 Å². The number of hydrogen-bond donors (Lipinski definition) is 2. The molecule has 2 saturated heterocycles. The van der Waals surface area contributed by atoms with Crippen molar-refractivity contribution in [2.45, 2.75) is 63.5 Å². The monoisotopic (exact) mass is 337 g/mol. The average Bonchev–Trinajstić information content (AvgIpc) is 3.08. The van der Waals surface area contributed by atoms with Crippen LogP contribution in [0.5, 0.6) is 0 Å². The Morgan fingerprint density at radius 2 is 1.75 bits per heavy atom. The van der Waals surface area contributed by atoms with Crippen molar-refractivity contribution in [2.24, 2.45) is 5.92 Å². The van der Waals surface area contributed by atoms with E-state index in [2.05, 4.69) is 5.32 Å². The van der Waals surface area contributed by atoms with Gasteiger partial charge in [0.05, 0.1) is 5.92 Å². The molecule has 2 heterocycles. The van der Waals surface area contributed by atoms with Crippen LogP contribution >= 0.6 is 0 Å². The molecule has 24 heavy (non-hydrogen) atoms. The molecule has 0 spiro atoms. The number of carboxylic acids is 1. The topological polar surface area (TPSA) is 89.9 Å². The Hall–Kier alpha value is -1.79. The summed E-state index contributed by atoms with van der Waals surface area (Å²) >= 11 is 0. The van der Waals surface area contributed by atoms with Gasteiger partial charge >= 0.3 is 12.0 Å². The second kappa shape index (κ2) is 7.40. The highest BCUT2D eigenvalue weighted by atomic mass is 16.4. The number of amides is 3. The summed E-state index contributed by atoms with van der Waals surface area (Å²) in [6.07, 6.45) is 7.80. The first-order valence-electron chi connectivity index (χ1n) is 9.15. The molecule has 0 bridgehead atoms. The zero-order valence-electron chi connectivity index (χ0n) is 14.1. The molecule has 0 aromatic rings. The summed E-state index contributed by atoms with van der Waals surface area (Å²) in [5.41, 5.74) is 0. The summed E-state index contributed by atoms with van der Waals surface area (Å²) in [5, 5.41) is 11.9. The zero-order chi connectivity index (χ0) is 17.1. The summed E-state index contributed by atoms with van der Waals surface area (Å²) in [6.45, 7) is 1.46. The summed E-state index contributed by atoms with van der Waals surface area (Å²) in [7, 11) is 0. The first kappa shape index (κ1) is 17.0. The Kier molecular flexibility index (Phi) is 5.26. The Bertz CT molecular complexity index is 504. The third kappa shape index (κ3) is 3.65. The van der Waals surface area contributed by atoms with Crippen LogP contribution in [0, 0.1) is 5.92 Å². The Morgan fingerprint density at radius 1 is 1.00 bits per heavy atom. The predicted molar refractivity (Wildman–Crippen MR) is 87.5 cm³/mol. The second-order valence-corrected chi connectivity index (χ2v) is 7.24. The van der Waals surface area contributed by atoms with Crippen molar-refractivity contribution >= 4 is 17.9 Å². The van der Waals surface area contributed by atoms with Gasteiger partial charge in [0.1, 0.15) is 6.04 Å². The lowest BCUT2D eigenvalue weighted by Gasteiger charge is -2.40. The third-order valence-corrected chi connectivity index (χ3v) is 5.61. The highest BCUT2D eigenvalue weighted by Crippen LogP contribution is 2.26. The van der Waals surface area contributed by atoms with Gasteiger partial charge in [-0.05, 0) is 32.1 Å². The van der Waals surface area contributed by atoms with Crippen LogP contribution in [-0.2, 0) is 9.59 Å². The molecule has 0 radical (unpaired) electrons. The molecule has 0 aromatic carbocycles. The van der Waals surface area contributed by atoms with Crippen LogP contribution in [0.1, 0.15) is 51.4 Å². The first-order chi connectivity index (χ1) is 11.6. The number of carbonyl (C=O) groups is 3. The molecule has 2 N–H and O–H groups in total. The maximum atomic E-state index is 12.7. The zero-order valence-corrected chi connectivity index (χ0v) is 14.1. The standard InChI is InChI=1S/C17H27N3O4/c21-15-14(7-4-9-20(15)13-5-2-1-3-6-13)18-17(24)19-10-8-12(11-19)16(22)23/h12-14H,1-11H2,(H,18,24)(H,22,23). The van der Waals surface area contributed by atoms with E-state index in [0.717, 1.165) is 25.8 Å². The number of likely N-dealkylation sites (tertiary alicyclic amines) is 2. The summed E-state index contributed by atoms with van der Waals surface area (Å²) in [5.74, 6) is -1.31. The van der Waals surface area contributed by atoms with Gasteiger partial charge in [-0.1, -0.05) is 19.3 Å². The number of urea groups is 1. The van der Waals surface area contributed by atoms with Gasteiger partial charge in [-0.2, -0.15) is 0 Å². The lowest BCUT2D eigenvalue weighted by Crippen LogP contribution is -2.57. The van der Waals surface area contributed by atoms with Crippen molar-refractivity contribution in [1.82, 2.24) is 15.1 Å². The van der Waals surface area contributed by atoms with Gasteiger partial charge in [-0.15, -0.1) is 0 Å². The number of nitrogens with one attached hydrogen (secondary N) is 1. The molecule has 3 amide bonds. The van der Waals surface area contributed by atoms with Crippen LogP contribution in [0.3, 0.4) is 0 Å². The van der Waals surface area contributed by atoms with Gasteiger partial charge in [-0.25, -0.2) is 4.79 Å². The Balaban J connectivity index is 1.55. The molecule has 3 fully saturated rings. The number of hydrogen-bond acceptors (Lipinski definition) is 3. The summed E-state index contributed by atoms with van der Waals surface area (Å²) in [6, 6.07) is -0.436. The van der Waals surface area contributed by atoms with Crippen LogP contribution in [0.4, 0.5) is 4.79 Å². The van der Waals surface area contributed by atoms with Gasteiger partial charge in [-0.3, -0.25) is 9.59 Å². The molecule has 7 heteroatoms. The number of carbonyl (C=O) groups excluding carboxylic acids is 2. The highest BCUT2D eigenvalue weighted by molar-refractivity contribution is 5.88. The van der Waals surface area contributed by atoms with Crippen molar-refractivity contribution < 1.29 is 19.5 Å². The van der Waals surface area contributed by atoms with Crippen LogP contribution in [0.15, 0.2) is 0 Å². The number of carboxylic acid groups (broad SMARTS) is 1. The summed E-state index contributed by atoms with van der Waals surface area (Å²) < 4.78 is 0. The van der Waals surface area contributed by atoms with Crippen LogP contribution < -0.4 is 5.32 Å².